The van der Waals surface area contributed by atoms with E-state index in [0.29, 0.717) is 11.5 Å². The van der Waals surface area contributed by atoms with E-state index < -0.39 is 0 Å². The lowest BCUT2D eigenvalue weighted by Crippen LogP contribution is -2.13. The molecular formula is C25H24N6O. The predicted octanol–water partition coefficient (Wildman–Crippen LogP) is 4.60. The van der Waals surface area contributed by atoms with Crippen LogP contribution in [-0.4, -0.2) is 39.9 Å². The van der Waals surface area contributed by atoms with Crippen LogP contribution in [0.4, 0.5) is 17.3 Å². The molecule has 1 amide bonds. The number of nitrogens with one attached hydrogen (secondary N) is 2. The lowest BCUT2D eigenvalue weighted by atomic mass is 10.1. The number of hydrogen-bond donors (Lipinski definition) is 2. The van der Waals surface area contributed by atoms with Crippen molar-refractivity contribution in [2.24, 2.45) is 0 Å². The Morgan fingerprint density at radius 3 is 2.34 bits per heavy atom. The highest BCUT2D eigenvalue weighted by Gasteiger charge is 2.08. The Hall–Kier alpha value is -4.10. The average molecular weight is 425 g/mol. The minimum Gasteiger partial charge on any atom is -0.324 e. The summed E-state index contributed by atoms with van der Waals surface area (Å²) >= 11 is 0. The van der Waals surface area contributed by atoms with Crippen molar-refractivity contribution in [3.8, 4) is 11.3 Å². The van der Waals surface area contributed by atoms with E-state index in [1.165, 1.54) is 5.56 Å². The zero-order valence-corrected chi connectivity index (χ0v) is 18.0. The van der Waals surface area contributed by atoms with E-state index in [0.717, 1.165) is 29.2 Å². The minimum absolute atomic E-state index is 0.160. The van der Waals surface area contributed by atoms with Gasteiger partial charge >= 0.3 is 0 Å². The van der Waals surface area contributed by atoms with Crippen molar-refractivity contribution in [3.05, 3.63) is 96.4 Å². The molecule has 0 aliphatic rings. The first-order valence-corrected chi connectivity index (χ1v) is 10.2. The van der Waals surface area contributed by atoms with Gasteiger partial charge in [-0.05, 0) is 74.3 Å². The highest BCUT2D eigenvalue weighted by atomic mass is 16.1. The van der Waals surface area contributed by atoms with Crippen LogP contribution < -0.4 is 10.6 Å². The van der Waals surface area contributed by atoms with Gasteiger partial charge in [0.2, 0.25) is 5.95 Å². The van der Waals surface area contributed by atoms with Crippen LogP contribution in [0.5, 0.6) is 0 Å². The monoisotopic (exact) mass is 424 g/mol. The van der Waals surface area contributed by atoms with Gasteiger partial charge in [0.05, 0.1) is 5.69 Å². The summed E-state index contributed by atoms with van der Waals surface area (Å²) in [4.78, 5) is 27.6. The number of pyridine rings is 1. The van der Waals surface area contributed by atoms with E-state index in [9.17, 15) is 4.79 Å². The summed E-state index contributed by atoms with van der Waals surface area (Å²) in [5.41, 5.74) is 5.01. The molecule has 0 atom stereocenters. The standard InChI is InChI=1S/C25H24N6O/c1-31(2)17-18-5-9-21(10-6-18)28-24(32)19-7-11-22(12-8-19)29-25-27-15-13-23(30-25)20-4-3-14-26-16-20/h3-16H,17H2,1-2H3,(H,28,32)(H,27,29,30). The first-order valence-electron chi connectivity index (χ1n) is 10.2. The first-order chi connectivity index (χ1) is 15.6. The van der Waals surface area contributed by atoms with Gasteiger partial charge in [-0.1, -0.05) is 12.1 Å². The summed E-state index contributed by atoms with van der Waals surface area (Å²) in [6, 6.07) is 20.7. The molecule has 2 N–H and O–H groups in total. The Bertz CT molecular complexity index is 1180. The summed E-state index contributed by atoms with van der Waals surface area (Å²) in [7, 11) is 4.05. The second-order valence-corrected chi connectivity index (χ2v) is 7.60. The molecule has 0 spiro atoms. The molecule has 160 valence electrons. The fourth-order valence-corrected chi connectivity index (χ4v) is 3.19. The summed E-state index contributed by atoms with van der Waals surface area (Å²) in [5.74, 6) is 0.313. The fourth-order valence-electron chi connectivity index (χ4n) is 3.19. The van der Waals surface area contributed by atoms with Gasteiger partial charge in [0.1, 0.15) is 0 Å². The summed E-state index contributed by atoms with van der Waals surface area (Å²) in [6.07, 6.45) is 5.18. The zero-order valence-electron chi connectivity index (χ0n) is 18.0. The Morgan fingerprint density at radius 1 is 0.906 bits per heavy atom. The smallest absolute Gasteiger partial charge is 0.255 e. The van der Waals surface area contributed by atoms with Gasteiger partial charge in [0, 0.05) is 47.6 Å². The second-order valence-electron chi connectivity index (χ2n) is 7.60. The third-order valence-electron chi connectivity index (χ3n) is 4.73. The van der Waals surface area contributed by atoms with Crippen molar-refractivity contribution in [1.82, 2.24) is 19.9 Å². The Balaban J connectivity index is 1.39. The minimum atomic E-state index is -0.160. The maximum absolute atomic E-state index is 12.6. The number of anilines is 3. The van der Waals surface area contributed by atoms with E-state index in [1.54, 1.807) is 30.7 Å². The lowest BCUT2D eigenvalue weighted by Gasteiger charge is -2.11. The van der Waals surface area contributed by atoms with Crippen LogP contribution in [0.15, 0.2) is 85.3 Å². The maximum Gasteiger partial charge on any atom is 0.255 e. The predicted molar refractivity (Wildman–Crippen MR) is 127 cm³/mol. The van der Waals surface area contributed by atoms with Crippen molar-refractivity contribution in [1.29, 1.82) is 0 Å². The number of carbonyl (C=O) groups is 1. The molecule has 0 aliphatic heterocycles. The van der Waals surface area contributed by atoms with Gasteiger partial charge < -0.3 is 15.5 Å². The number of amides is 1. The molecule has 7 heteroatoms. The van der Waals surface area contributed by atoms with E-state index in [4.69, 9.17) is 0 Å². The van der Waals surface area contributed by atoms with Crippen LogP contribution in [0.3, 0.4) is 0 Å². The molecule has 7 nitrogen and oxygen atoms in total. The normalized spacial score (nSPS) is 10.7. The van der Waals surface area contributed by atoms with Crippen molar-refractivity contribution in [3.63, 3.8) is 0 Å². The summed E-state index contributed by atoms with van der Waals surface area (Å²) in [6.45, 7) is 0.859. The van der Waals surface area contributed by atoms with Crippen molar-refractivity contribution >= 4 is 23.2 Å². The van der Waals surface area contributed by atoms with Gasteiger partial charge in [-0.15, -0.1) is 0 Å². The van der Waals surface area contributed by atoms with Crippen LogP contribution in [-0.2, 0) is 6.54 Å². The molecule has 2 aromatic carbocycles. The quantitative estimate of drug-likeness (QED) is 0.451. The average Bonchev–Trinajstić information content (AvgIpc) is 2.81. The molecule has 0 unspecified atom stereocenters. The molecule has 0 saturated heterocycles. The van der Waals surface area contributed by atoms with Gasteiger partial charge in [-0.25, -0.2) is 9.97 Å². The van der Waals surface area contributed by atoms with E-state index in [2.05, 4.69) is 30.5 Å². The Morgan fingerprint density at radius 2 is 1.66 bits per heavy atom. The largest absolute Gasteiger partial charge is 0.324 e. The van der Waals surface area contributed by atoms with Crippen LogP contribution in [0.1, 0.15) is 15.9 Å². The molecule has 0 radical (unpaired) electrons. The van der Waals surface area contributed by atoms with Crippen LogP contribution >= 0.6 is 0 Å². The van der Waals surface area contributed by atoms with Gasteiger partial charge in [-0.2, -0.15) is 0 Å². The fraction of sp³-hybridized carbons (Fsp3) is 0.120. The summed E-state index contributed by atoms with van der Waals surface area (Å²) in [5, 5.41) is 6.10. The number of nitrogens with zero attached hydrogens (tertiary/aromatic N) is 4. The molecule has 2 aromatic heterocycles. The summed E-state index contributed by atoms with van der Waals surface area (Å²) < 4.78 is 0. The van der Waals surface area contributed by atoms with E-state index >= 15 is 0 Å². The number of carbonyl (C=O) groups excluding carboxylic acids is 1. The Labute approximate surface area is 187 Å². The zero-order chi connectivity index (χ0) is 22.3. The van der Waals surface area contributed by atoms with E-state index in [1.807, 2.05) is 68.7 Å². The highest BCUT2D eigenvalue weighted by Crippen LogP contribution is 2.19. The second kappa shape index (κ2) is 9.80. The van der Waals surface area contributed by atoms with Crippen LogP contribution in [0, 0.1) is 0 Å². The third kappa shape index (κ3) is 5.53. The van der Waals surface area contributed by atoms with Crippen LogP contribution in [0.25, 0.3) is 11.3 Å². The molecule has 0 bridgehead atoms. The van der Waals surface area contributed by atoms with Gasteiger partial charge in [0.25, 0.3) is 5.91 Å². The molecule has 32 heavy (non-hydrogen) atoms. The van der Waals surface area contributed by atoms with Crippen molar-refractivity contribution < 1.29 is 4.79 Å². The molecule has 0 aliphatic carbocycles. The van der Waals surface area contributed by atoms with Crippen molar-refractivity contribution in [2.45, 2.75) is 6.54 Å². The first kappa shape index (κ1) is 21.1. The topological polar surface area (TPSA) is 83.0 Å². The van der Waals surface area contributed by atoms with Crippen LogP contribution in [0.2, 0.25) is 0 Å². The molecular weight excluding hydrogens is 400 g/mol. The molecule has 0 fully saturated rings. The van der Waals surface area contributed by atoms with Gasteiger partial charge in [-0.3, -0.25) is 9.78 Å². The molecule has 0 saturated carbocycles. The lowest BCUT2D eigenvalue weighted by molar-refractivity contribution is 0.102. The van der Waals surface area contributed by atoms with E-state index in [-0.39, 0.29) is 5.91 Å². The SMILES string of the molecule is CN(C)Cc1ccc(NC(=O)c2ccc(Nc3nccc(-c4cccnc4)n3)cc2)cc1. The number of rotatable bonds is 7. The third-order valence-corrected chi connectivity index (χ3v) is 4.73. The number of benzene rings is 2. The molecule has 4 rings (SSSR count). The number of hydrogen-bond acceptors (Lipinski definition) is 6. The highest BCUT2D eigenvalue weighted by molar-refractivity contribution is 6.04. The van der Waals surface area contributed by atoms with Gasteiger partial charge in [0.15, 0.2) is 0 Å². The van der Waals surface area contributed by atoms with Crippen molar-refractivity contribution in [2.75, 3.05) is 24.7 Å². The number of aromatic nitrogens is 3. The molecule has 4 aromatic rings. The maximum atomic E-state index is 12.6. The molecule has 2 heterocycles. The Kier molecular flexibility index (Phi) is 6.48.